The zero-order valence-corrected chi connectivity index (χ0v) is 19.1. The van der Waals surface area contributed by atoms with Crippen molar-refractivity contribution in [2.24, 2.45) is 10.9 Å². The Labute approximate surface area is 197 Å². The quantitative estimate of drug-likeness (QED) is 0.240. The first-order valence-electron chi connectivity index (χ1n) is 10.7. The van der Waals surface area contributed by atoms with Crippen LogP contribution in [-0.2, 0) is 0 Å². The molecule has 0 unspecified atom stereocenters. The van der Waals surface area contributed by atoms with Crippen molar-refractivity contribution < 1.29 is 4.74 Å². The Bertz CT molecular complexity index is 1220. The van der Waals surface area contributed by atoms with Crippen LogP contribution >= 0.6 is 15.9 Å². The van der Waals surface area contributed by atoms with Crippen LogP contribution in [0.5, 0.6) is 5.75 Å². The van der Waals surface area contributed by atoms with Crippen molar-refractivity contribution in [1.82, 2.24) is 0 Å². The number of anilines is 1. The van der Waals surface area contributed by atoms with E-state index >= 15 is 0 Å². The second-order valence-electron chi connectivity index (χ2n) is 8.10. The second-order valence-corrected chi connectivity index (χ2v) is 8.95. The van der Waals surface area contributed by atoms with Gasteiger partial charge >= 0.3 is 0 Å². The van der Waals surface area contributed by atoms with E-state index in [1.165, 1.54) is 16.8 Å². The molecule has 3 nitrogen and oxygen atoms in total. The number of hydrogen-bond acceptors (Lipinski definition) is 3. The molecule has 0 saturated carbocycles. The van der Waals surface area contributed by atoms with E-state index in [1.807, 2.05) is 24.4 Å². The maximum atomic E-state index is 5.49. The fourth-order valence-corrected chi connectivity index (χ4v) is 5.14. The largest absolute Gasteiger partial charge is 0.480 e. The average molecular weight is 483 g/mol. The van der Waals surface area contributed by atoms with Crippen LogP contribution in [0.3, 0.4) is 0 Å². The first-order valence-corrected chi connectivity index (χ1v) is 11.5. The molecule has 3 atom stereocenters. The number of terminal acetylenes is 1. The predicted octanol–water partition coefficient (Wildman–Crippen LogP) is 7.04. The lowest BCUT2D eigenvalue weighted by molar-refractivity contribution is 0.368. The Hall–Kier alpha value is -3.29. The molecule has 2 aliphatic rings. The molecule has 158 valence electrons. The van der Waals surface area contributed by atoms with E-state index in [1.54, 1.807) is 0 Å². The molecule has 0 amide bonds. The molecule has 0 saturated heterocycles. The first-order chi connectivity index (χ1) is 15.7. The Morgan fingerprint density at radius 3 is 2.78 bits per heavy atom. The van der Waals surface area contributed by atoms with E-state index in [0.717, 1.165) is 27.9 Å². The summed E-state index contributed by atoms with van der Waals surface area (Å²) in [5.41, 5.74) is 5.86. The lowest BCUT2D eigenvalue weighted by atomic mass is 9.77. The van der Waals surface area contributed by atoms with Gasteiger partial charge in [0.2, 0.25) is 0 Å². The van der Waals surface area contributed by atoms with E-state index in [9.17, 15) is 0 Å². The standard InChI is InChI=1S/C28H23BrN2O/c1-2-16-32-27-15-10-19(17-25(27)29)18-30-21-13-11-20(12-14-21)28-24-8-5-7-22(24)23-6-3-4-9-26(23)31-28/h1,3-7,9-15,17-18,22,24,28,31H,8,16H2/t22-,24+,28-/m0/s1. The third-order valence-corrected chi connectivity index (χ3v) is 6.77. The Kier molecular flexibility index (Phi) is 5.83. The van der Waals surface area contributed by atoms with Gasteiger partial charge < -0.3 is 10.1 Å². The number of rotatable bonds is 5. The average Bonchev–Trinajstić information content (AvgIpc) is 3.32. The lowest BCUT2D eigenvalue weighted by Crippen LogP contribution is -2.28. The van der Waals surface area contributed by atoms with Gasteiger partial charge in [-0.1, -0.05) is 48.4 Å². The van der Waals surface area contributed by atoms with Gasteiger partial charge in [-0.15, -0.1) is 6.42 Å². The summed E-state index contributed by atoms with van der Waals surface area (Å²) in [6.45, 7) is 0.248. The number of aliphatic imine (C=N–C) groups is 1. The predicted molar refractivity (Wildman–Crippen MR) is 135 cm³/mol. The van der Waals surface area contributed by atoms with Gasteiger partial charge in [-0.05, 0) is 81.4 Å². The highest BCUT2D eigenvalue weighted by Crippen LogP contribution is 2.49. The number of nitrogens with zero attached hydrogens (tertiary/aromatic N) is 1. The summed E-state index contributed by atoms with van der Waals surface area (Å²) in [5, 5.41) is 3.78. The van der Waals surface area contributed by atoms with Crippen LogP contribution in [0.1, 0.15) is 35.1 Å². The molecule has 0 radical (unpaired) electrons. The molecular weight excluding hydrogens is 460 g/mol. The van der Waals surface area contributed by atoms with Crippen LogP contribution in [0.4, 0.5) is 11.4 Å². The van der Waals surface area contributed by atoms with Gasteiger partial charge in [0.05, 0.1) is 16.2 Å². The molecule has 1 heterocycles. The third kappa shape index (κ3) is 4.09. The zero-order valence-electron chi connectivity index (χ0n) is 17.5. The Morgan fingerprint density at radius 1 is 1.12 bits per heavy atom. The van der Waals surface area contributed by atoms with Crippen molar-refractivity contribution in [3.05, 3.63) is 100 Å². The molecule has 1 aliphatic carbocycles. The lowest BCUT2D eigenvalue weighted by Gasteiger charge is -2.37. The molecule has 4 heteroatoms. The monoisotopic (exact) mass is 482 g/mol. The molecule has 32 heavy (non-hydrogen) atoms. The van der Waals surface area contributed by atoms with E-state index in [4.69, 9.17) is 11.2 Å². The minimum absolute atomic E-state index is 0.248. The molecule has 0 bridgehead atoms. The van der Waals surface area contributed by atoms with Crippen molar-refractivity contribution in [3.63, 3.8) is 0 Å². The Morgan fingerprint density at radius 2 is 1.97 bits per heavy atom. The van der Waals surface area contributed by atoms with Crippen molar-refractivity contribution >= 4 is 33.5 Å². The number of allylic oxidation sites excluding steroid dienone is 2. The molecule has 3 aromatic rings. The summed E-state index contributed by atoms with van der Waals surface area (Å²) in [6, 6.07) is 23.4. The summed E-state index contributed by atoms with van der Waals surface area (Å²) in [5.74, 6) is 4.24. The summed E-state index contributed by atoms with van der Waals surface area (Å²) in [7, 11) is 0. The van der Waals surface area contributed by atoms with Crippen LogP contribution in [0.25, 0.3) is 0 Å². The molecule has 1 N–H and O–H groups in total. The first kappa shape index (κ1) is 20.6. The van der Waals surface area contributed by atoms with Crippen LogP contribution in [0, 0.1) is 18.3 Å². The van der Waals surface area contributed by atoms with Gasteiger partial charge in [0.25, 0.3) is 0 Å². The molecule has 0 fully saturated rings. The number of fused-ring (bicyclic) bond motifs is 3. The molecule has 3 aromatic carbocycles. The SMILES string of the molecule is C#CCOc1ccc(C=Nc2ccc([C@@H]3Nc4ccccc4[C@@H]4C=CC[C@H]43)cc2)cc1Br. The van der Waals surface area contributed by atoms with E-state index in [0.29, 0.717) is 17.9 Å². The molecular formula is C28H23BrN2O. The third-order valence-electron chi connectivity index (χ3n) is 6.15. The number of hydrogen-bond donors (Lipinski definition) is 1. The van der Waals surface area contributed by atoms with Gasteiger partial charge in [-0.3, -0.25) is 4.99 Å². The number of ether oxygens (including phenoxy) is 1. The van der Waals surface area contributed by atoms with Gasteiger partial charge in [0, 0.05) is 17.8 Å². The zero-order chi connectivity index (χ0) is 21.9. The topological polar surface area (TPSA) is 33.6 Å². The highest BCUT2D eigenvalue weighted by Gasteiger charge is 2.37. The van der Waals surface area contributed by atoms with Crippen molar-refractivity contribution in [1.29, 1.82) is 0 Å². The molecule has 5 rings (SSSR count). The highest BCUT2D eigenvalue weighted by atomic mass is 79.9. The maximum Gasteiger partial charge on any atom is 0.148 e. The maximum absolute atomic E-state index is 5.49. The minimum atomic E-state index is 0.248. The van der Waals surface area contributed by atoms with E-state index < -0.39 is 0 Å². The molecule has 0 spiro atoms. The van der Waals surface area contributed by atoms with Crippen molar-refractivity contribution in [2.45, 2.75) is 18.4 Å². The summed E-state index contributed by atoms with van der Waals surface area (Å²) >= 11 is 3.52. The molecule has 1 aliphatic heterocycles. The van der Waals surface area contributed by atoms with Crippen LogP contribution in [0.2, 0.25) is 0 Å². The van der Waals surface area contributed by atoms with Gasteiger partial charge in [0.15, 0.2) is 0 Å². The normalized spacial score (nSPS) is 20.9. The number of halogens is 1. The highest BCUT2D eigenvalue weighted by molar-refractivity contribution is 9.10. The fourth-order valence-electron chi connectivity index (χ4n) is 4.62. The van der Waals surface area contributed by atoms with Gasteiger partial charge in [-0.25, -0.2) is 0 Å². The molecule has 0 aromatic heterocycles. The summed E-state index contributed by atoms with van der Waals surface area (Å²) in [4.78, 5) is 4.65. The van der Waals surface area contributed by atoms with Crippen molar-refractivity contribution in [3.8, 4) is 18.1 Å². The smallest absolute Gasteiger partial charge is 0.148 e. The summed E-state index contributed by atoms with van der Waals surface area (Å²) < 4.78 is 6.35. The Balaban J connectivity index is 1.32. The van der Waals surface area contributed by atoms with Crippen LogP contribution < -0.4 is 10.1 Å². The number of benzene rings is 3. The summed E-state index contributed by atoms with van der Waals surface area (Å²) in [6.07, 6.45) is 12.9. The van der Waals surface area contributed by atoms with E-state index in [-0.39, 0.29) is 6.61 Å². The number of nitrogens with one attached hydrogen (secondary N) is 1. The number of para-hydroxylation sites is 1. The van der Waals surface area contributed by atoms with Crippen molar-refractivity contribution in [2.75, 3.05) is 11.9 Å². The van der Waals surface area contributed by atoms with Crippen LogP contribution in [-0.4, -0.2) is 12.8 Å². The minimum Gasteiger partial charge on any atom is -0.480 e. The second kappa shape index (κ2) is 9.06. The fraction of sp³-hybridized carbons (Fsp3) is 0.179. The van der Waals surface area contributed by atoms with E-state index in [2.05, 4.69) is 92.8 Å². The van der Waals surface area contributed by atoms with Gasteiger partial charge in [-0.2, -0.15) is 0 Å². The van der Waals surface area contributed by atoms with Crippen LogP contribution in [0.15, 0.2) is 88.3 Å². The van der Waals surface area contributed by atoms with Gasteiger partial charge in [0.1, 0.15) is 12.4 Å².